The van der Waals surface area contributed by atoms with Crippen molar-refractivity contribution in [2.45, 2.75) is 13.0 Å². The van der Waals surface area contributed by atoms with Crippen LogP contribution in [0.4, 0.5) is 8.78 Å². The van der Waals surface area contributed by atoms with Gasteiger partial charge in [0.25, 0.3) is 5.91 Å². The Balaban J connectivity index is 1.88. The van der Waals surface area contributed by atoms with E-state index in [0.29, 0.717) is 16.8 Å². The molecule has 2 aromatic carbocycles. The molecular formula is C19H19ClF2N2O3. The summed E-state index contributed by atoms with van der Waals surface area (Å²) < 4.78 is 31.7. The molecule has 0 atom stereocenters. The molecule has 2 rings (SSSR count). The normalized spacial score (nSPS) is 10.4. The number of nitrogens with zero attached hydrogens (tertiary/aromatic N) is 1. The molecule has 5 nitrogen and oxygen atoms in total. The third-order valence-corrected chi connectivity index (χ3v) is 4.11. The minimum atomic E-state index is -0.955. The third kappa shape index (κ3) is 5.65. The van der Waals surface area contributed by atoms with E-state index >= 15 is 0 Å². The molecule has 0 aliphatic heterocycles. The van der Waals surface area contributed by atoms with Gasteiger partial charge in [0.15, 0.2) is 0 Å². The average Bonchev–Trinajstić information content (AvgIpc) is 2.61. The zero-order valence-corrected chi connectivity index (χ0v) is 15.6. The Morgan fingerprint density at radius 1 is 1.19 bits per heavy atom. The van der Waals surface area contributed by atoms with Gasteiger partial charge in [-0.05, 0) is 30.3 Å². The fraction of sp³-hybridized carbons (Fsp3) is 0.263. The van der Waals surface area contributed by atoms with Crippen molar-refractivity contribution < 1.29 is 23.1 Å². The molecule has 0 heterocycles. The van der Waals surface area contributed by atoms with Crippen molar-refractivity contribution >= 4 is 23.4 Å². The van der Waals surface area contributed by atoms with Gasteiger partial charge in [-0.1, -0.05) is 11.6 Å². The van der Waals surface area contributed by atoms with Crippen LogP contribution in [0.5, 0.6) is 5.75 Å². The average molecular weight is 397 g/mol. The standard InChI is InChI=1S/C19H19ClF2N2O3/c1-24(11-12-9-13(20)3-6-17(12)27-2)18(25)7-8-23-19(26)15-5-4-14(21)10-16(15)22/h3-6,9-10H,7-8,11H2,1-2H3,(H,23,26). The van der Waals surface area contributed by atoms with Crippen LogP contribution < -0.4 is 10.1 Å². The van der Waals surface area contributed by atoms with Gasteiger partial charge < -0.3 is 15.0 Å². The predicted octanol–water partition coefficient (Wildman–Crippen LogP) is 3.41. The number of carbonyl (C=O) groups excluding carboxylic acids is 2. The maximum atomic E-state index is 13.6. The molecule has 1 N–H and O–H groups in total. The molecule has 0 saturated carbocycles. The molecule has 2 aromatic rings. The zero-order chi connectivity index (χ0) is 20.0. The lowest BCUT2D eigenvalue weighted by Gasteiger charge is -2.19. The number of hydrogen-bond acceptors (Lipinski definition) is 3. The molecule has 0 spiro atoms. The predicted molar refractivity (Wildman–Crippen MR) is 97.8 cm³/mol. The van der Waals surface area contributed by atoms with Crippen LogP contribution in [0, 0.1) is 11.6 Å². The summed E-state index contributed by atoms with van der Waals surface area (Å²) in [5, 5.41) is 2.97. The number of rotatable bonds is 7. The highest BCUT2D eigenvalue weighted by Crippen LogP contribution is 2.23. The molecule has 0 radical (unpaired) electrons. The largest absolute Gasteiger partial charge is 0.496 e. The van der Waals surface area contributed by atoms with E-state index in [1.807, 2.05) is 0 Å². The number of nitrogens with one attached hydrogen (secondary N) is 1. The van der Waals surface area contributed by atoms with Crippen LogP contribution in [0.15, 0.2) is 36.4 Å². The van der Waals surface area contributed by atoms with E-state index in [1.165, 1.54) is 12.0 Å². The van der Waals surface area contributed by atoms with Crippen LogP contribution in [0.1, 0.15) is 22.3 Å². The number of carbonyl (C=O) groups is 2. The molecule has 0 saturated heterocycles. The van der Waals surface area contributed by atoms with Crippen LogP contribution in [-0.2, 0) is 11.3 Å². The number of amides is 2. The van der Waals surface area contributed by atoms with E-state index in [0.717, 1.165) is 17.7 Å². The van der Waals surface area contributed by atoms with E-state index in [4.69, 9.17) is 16.3 Å². The lowest BCUT2D eigenvalue weighted by Crippen LogP contribution is -2.32. The highest BCUT2D eigenvalue weighted by atomic mass is 35.5. The summed E-state index contributed by atoms with van der Waals surface area (Å²) in [6.45, 7) is 0.300. The first-order valence-corrected chi connectivity index (χ1v) is 8.49. The summed E-state index contributed by atoms with van der Waals surface area (Å²) >= 11 is 5.98. The van der Waals surface area contributed by atoms with Crippen LogP contribution >= 0.6 is 11.6 Å². The molecule has 2 amide bonds. The molecule has 0 bridgehead atoms. The summed E-state index contributed by atoms with van der Waals surface area (Å²) in [7, 11) is 3.14. The van der Waals surface area contributed by atoms with Crippen molar-refractivity contribution in [1.82, 2.24) is 10.2 Å². The highest BCUT2D eigenvalue weighted by molar-refractivity contribution is 6.30. The van der Waals surface area contributed by atoms with E-state index < -0.39 is 17.5 Å². The molecule has 27 heavy (non-hydrogen) atoms. The van der Waals surface area contributed by atoms with Crippen LogP contribution in [-0.4, -0.2) is 37.4 Å². The molecule has 8 heteroatoms. The Kier molecular flexibility index (Phi) is 7.12. The van der Waals surface area contributed by atoms with E-state index in [9.17, 15) is 18.4 Å². The topological polar surface area (TPSA) is 58.6 Å². The van der Waals surface area contributed by atoms with Gasteiger partial charge in [0, 0.05) is 43.2 Å². The number of benzene rings is 2. The SMILES string of the molecule is COc1ccc(Cl)cc1CN(C)C(=O)CCNC(=O)c1ccc(F)cc1F. The number of hydrogen-bond donors (Lipinski definition) is 1. The second kappa shape index (κ2) is 9.32. The van der Waals surface area contributed by atoms with Crippen molar-refractivity contribution in [2.75, 3.05) is 20.7 Å². The van der Waals surface area contributed by atoms with Crippen LogP contribution in [0.2, 0.25) is 5.02 Å². The van der Waals surface area contributed by atoms with E-state index in [1.54, 1.807) is 25.2 Å². The van der Waals surface area contributed by atoms with Crippen molar-refractivity contribution in [2.24, 2.45) is 0 Å². The van der Waals surface area contributed by atoms with E-state index in [-0.39, 0.29) is 31.0 Å². The highest BCUT2D eigenvalue weighted by Gasteiger charge is 2.15. The van der Waals surface area contributed by atoms with Crippen molar-refractivity contribution in [3.63, 3.8) is 0 Å². The molecule has 0 aromatic heterocycles. The molecule has 0 fully saturated rings. The van der Waals surface area contributed by atoms with Crippen molar-refractivity contribution in [1.29, 1.82) is 0 Å². The lowest BCUT2D eigenvalue weighted by molar-refractivity contribution is -0.130. The maximum Gasteiger partial charge on any atom is 0.254 e. The Morgan fingerprint density at radius 2 is 1.93 bits per heavy atom. The van der Waals surface area contributed by atoms with Crippen molar-refractivity contribution in [3.05, 3.63) is 64.2 Å². The maximum absolute atomic E-state index is 13.6. The van der Waals surface area contributed by atoms with Gasteiger partial charge in [-0.2, -0.15) is 0 Å². The lowest BCUT2D eigenvalue weighted by atomic mass is 10.2. The molecular weight excluding hydrogens is 378 g/mol. The minimum absolute atomic E-state index is 0.0193. The van der Waals surface area contributed by atoms with Gasteiger partial charge in [-0.3, -0.25) is 9.59 Å². The van der Waals surface area contributed by atoms with Gasteiger partial charge in [0.2, 0.25) is 5.91 Å². The van der Waals surface area contributed by atoms with Gasteiger partial charge in [0.05, 0.1) is 12.7 Å². The quantitative estimate of drug-likeness (QED) is 0.780. The zero-order valence-electron chi connectivity index (χ0n) is 14.9. The second-order valence-corrected chi connectivity index (χ2v) is 6.27. The number of methoxy groups -OCH3 is 1. The Morgan fingerprint density at radius 3 is 2.59 bits per heavy atom. The first-order valence-electron chi connectivity index (χ1n) is 8.11. The van der Waals surface area contributed by atoms with Gasteiger partial charge >= 0.3 is 0 Å². The van der Waals surface area contributed by atoms with Gasteiger partial charge in [0.1, 0.15) is 17.4 Å². The number of ether oxygens (including phenoxy) is 1. The second-order valence-electron chi connectivity index (χ2n) is 5.84. The summed E-state index contributed by atoms with van der Waals surface area (Å²) in [4.78, 5) is 25.6. The molecule has 144 valence electrons. The van der Waals surface area contributed by atoms with Gasteiger partial charge in [-0.25, -0.2) is 8.78 Å². The fourth-order valence-corrected chi connectivity index (χ4v) is 2.65. The number of halogens is 3. The third-order valence-electron chi connectivity index (χ3n) is 3.88. The van der Waals surface area contributed by atoms with Crippen LogP contribution in [0.3, 0.4) is 0 Å². The Hall–Kier alpha value is -2.67. The summed E-state index contributed by atoms with van der Waals surface area (Å²) in [6, 6.07) is 7.80. The Labute approximate surface area is 160 Å². The van der Waals surface area contributed by atoms with Gasteiger partial charge in [-0.15, -0.1) is 0 Å². The summed E-state index contributed by atoms with van der Waals surface area (Å²) in [5.74, 6) is -2.04. The Bertz CT molecular complexity index is 846. The monoisotopic (exact) mass is 396 g/mol. The summed E-state index contributed by atoms with van der Waals surface area (Å²) in [6.07, 6.45) is 0.0218. The smallest absolute Gasteiger partial charge is 0.254 e. The molecule has 0 aliphatic carbocycles. The summed E-state index contributed by atoms with van der Waals surface area (Å²) in [5.41, 5.74) is 0.471. The van der Waals surface area contributed by atoms with Crippen molar-refractivity contribution in [3.8, 4) is 5.75 Å². The molecule has 0 unspecified atom stereocenters. The fourth-order valence-electron chi connectivity index (χ4n) is 2.46. The van der Waals surface area contributed by atoms with Crippen LogP contribution in [0.25, 0.3) is 0 Å². The molecule has 0 aliphatic rings. The first-order chi connectivity index (χ1) is 12.8. The first kappa shape index (κ1) is 20.6. The van der Waals surface area contributed by atoms with E-state index in [2.05, 4.69) is 5.32 Å². The minimum Gasteiger partial charge on any atom is -0.496 e.